The van der Waals surface area contributed by atoms with Gasteiger partial charge in [-0.3, -0.25) is 4.79 Å². The Balaban J connectivity index is 2.18. The molecule has 1 atom stereocenters. The first kappa shape index (κ1) is 12.4. The fraction of sp³-hybridized carbons (Fsp3) is 0.545. The molecule has 5 heteroatoms. The van der Waals surface area contributed by atoms with Crippen molar-refractivity contribution >= 4 is 11.9 Å². The van der Waals surface area contributed by atoms with E-state index < -0.39 is 0 Å². The van der Waals surface area contributed by atoms with E-state index in [2.05, 4.69) is 20.6 Å². The summed E-state index contributed by atoms with van der Waals surface area (Å²) in [6.45, 7) is 4.58. The van der Waals surface area contributed by atoms with E-state index in [1.165, 1.54) is 0 Å². The van der Waals surface area contributed by atoms with Crippen LogP contribution in [0.4, 0.5) is 5.95 Å². The molecule has 88 valence electrons. The lowest BCUT2D eigenvalue weighted by molar-refractivity contribution is -0.121. The first-order valence-electron chi connectivity index (χ1n) is 5.52. The number of hydrogen-bond acceptors (Lipinski definition) is 4. The number of carbonyl (C=O) groups excluding carboxylic acids is 1. The summed E-state index contributed by atoms with van der Waals surface area (Å²) < 4.78 is 0. The van der Waals surface area contributed by atoms with Crippen molar-refractivity contribution in [3.63, 3.8) is 0 Å². The van der Waals surface area contributed by atoms with Crippen molar-refractivity contribution in [1.82, 2.24) is 15.3 Å². The zero-order chi connectivity index (χ0) is 11.8. The van der Waals surface area contributed by atoms with Gasteiger partial charge in [-0.05, 0) is 19.4 Å². The summed E-state index contributed by atoms with van der Waals surface area (Å²) in [4.78, 5) is 19.4. The van der Waals surface area contributed by atoms with E-state index in [9.17, 15) is 4.79 Å². The molecule has 1 aromatic rings. The van der Waals surface area contributed by atoms with Gasteiger partial charge in [0.25, 0.3) is 0 Å². The molecule has 1 rings (SSSR count). The van der Waals surface area contributed by atoms with Crippen LogP contribution in [-0.2, 0) is 4.79 Å². The molecule has 0 aromatic carbocycles. The maximum absolute atomic E-state index is 11.4. The largest absolute Gasteiger partial charge is 0.354 e. The Labute approximate surface area is 95.7 Å². The van der Waals surface area contributed by atoms with Gasteiger partial charge in [0.1, 0.15) is 0 Å². The number of carbonyl (C=O) groups is 1. The summed E-state index contributed by atoms with van der Waals surface area (Å²) in [5.74, 6) is 0.608. The fourth-order valence-electron chi connectivity index (χ4n) is 1.13. The van der Waals surface area contributed by atoms with E-state index >= 15 is 0 Å². The number of nitrogens with zero attached hydrogens (tertiary/aromatic N) is 2. The zero-order valence-electron chi connectivity index (χ0n) is 9.73. The van der Waals surface area contributed by atoms with Crippen molar-refractivity contribution in [2.75, 3.05) is 11.9 Å². The Kier molecular flexibility index (Phi) is 5.25. The minimum absolute atomic E-state index is 0.0535. The Morgan fingerprint density at radius 2 is 2.12 bits per heavy atom. The van der Waals surface area contributed by atoms with Crippen molar-refractivity contribution in [1.29, 1.82) is 0 Å². The van der Waals surface area contributed by atoms with Crippen molar-refractivity contribution in [3.05, 3.63) is 18.5 Å². The van der Waals surface area contributed by atoms with Crippen LogP contribution in [-0.4, -0.2) is 28.5 Å². The molecule has 16 heavy (non-hydrogen) atoms. The minimum Gasteiger partial charge on any atom is -0.354 e. The molecule has 2 N–H and O–H groups in total. The standard InChI is InChI=1S/C11H18N4O/c1-3-9(2)15-10(16)5-8-14-11-12-6-4-7-13-11/h4,6-7,9H,3,5,8H2,1-2H3,(H,15,16)(H,12,13,14). The van der Waals surface area contributed by atoms with Crippen LogP contribution in [0.2, 0.25) is 0 Å². The third kappa shape index (κ3) is 4.72. The summed E-state index contributed by atoms with van der Waals surface area (Å²) in [6, 6.07) is 1.99. The van der Waals surface area contributed by atoms with E-state index in [0.29, 0.717) is 18.9 Å². The topological polar surface area (TPSA) is 66.9 Å². The van der Waals surface area contributed by atoms with Crippen molar-refractivity contribution in [2.45, 2.75) is 32.7 Å². The summed E-state index contributed by atoms with van der Waals surface area (Å²) in [6.07, 6.45) is 4.70. The van der Waals surface area contributed by atoms with Crippen LogP contribution < -0.4 is 10.6 Å². The number of nitrogens with one attached hydrogen (secondary N) is 2. The minimum atomic E-state index is 0.0535. The molecule has 1 aromatic heterocycles. The van der Waals surface area contributed by atoms with Crippen LogP contribution in [0.3, 0.4) is 0 Å². The van der Waals surface area contributed by atoms with Crippen LogP contribution in [0.25, 0.3) is 0 Å². The molecule has 0 aliphatic heterocycles. The lowest BCUT2D eigenvalue weighted by Gasteiger charge is -2.11. The van der Waals surface area contributed by atoms with Gasteiger partial charge in [0, 0.05) is 31.4 Å². The van der Waals surface area contributed by atoms with Gasteiger partial charge < -0.3 is 10.6 Å². The molecular formula is C11H18N4O. The molecule has 1 heterocycles. The summed E-state index contributed by atoms with van der Waals surface area (Å²) in [5.41, 5.74) is 0. The molecule has 0 spiro atoms. The number of anilines is 1. The summed E-state index contributed by atoms with van der Waals surface area (Å²) in [5, 5.41) is 5.88. The molecule has 0 radical (unpaired) electrons. The second kappa shape index (κ2) is 6.76. The van der Waals surface area contributed by atoms with E-state index in [1.54, 1.807) is 18.5 Å². The van der Waals surface area contributed by atoms with Gasteiger partial charge >= 0.3 is 0 Å². The summed E-state index contributed by atoms with van der Waals surface area (Å²) >= 11 is 0. The Bertz CT molecular complexity index is 315. The molecule has 0 aliphatic carbocycles. The second-order valence-corrected chi connectivity index (χ2v) is 3.63. The quantitative estimate of drug-likeness (QED) is 0.758. The summed E-state index contributed by atoms with van der Waals surface area (Å²) in [7, 11) is 0. The zero-order valence-corrected chi connectivity index (χ0v) is 9.73. The molecular weight excluding hydrogens is 204 g/mol. The van der Waals surface area contributed by atoms with Crippen molar-refractivity contribution in [2.24, 2.45) is 0 Å². The van der Waals surface area contributed by atoms with Gasteiger partial charge in [0.2, 0.25) is 11.9 Å². The molecule has 0 saturated heterocycles. The smallest absolute Gasteiger partial charge is 0.222 e. The molecule has 0 aliphatic rings. The Morgan fingerprint density at radius 1 is 1.44 bits per heavy atom. The fourth-order valence-corrected chi connectivity index (χ4v) is 1.13. The van der Waals surface area contributed by atoms with Gasteiger partial charge in [-0.15, -0.1) is 0 Å². The van der Waals surface area contributed by atoms with Crippen LogP contribution in [0.1, 0.15) is 26.7 Å². The number of hydrogen-bond donors (Lipinski definition) is 2. The van der Waals surface area contributed by atoms with Gasteiger partial charge in [0.15, 0.2) is 0 Å². The average Bonchev–Trinajstić information content (AvgIpc) is 2.30. The third-order valence-electron chi connectivity index (χ3n) is 2.22. The second-order valence-electron chi connectivity index (χ2n) is 3.63. The first-order chi connectivity index (χ1) is 7.72. The van der Waals surface area contributed by atoms with Crippen LogP contribution in [0.5, 0.6) is 0 Å². The number of rotatable bonds is 6. The van der Waals surface area contributed by atoms with Crippen LogP contribution >= 0.6 is 0 Å². The molecule has 1 unspecified atom stereocenters. The highest BCUT2D eigenvalue weighted by molar-refractivity contribution is 5.76. The molecule has 0 bridgehead atoms. The van der Waals surface area contributed by atoms with Crippen molar-refractivity contribution in [3.8, 4) is 0 Å². The number of amides is 1. The predicted octanol–water partition coefficient (Wildman–Crippen LogP) is 1.19. The predicted molar refractivity (Wildman–Crippen MR) is 63.0 cm³/mol. The molecule has 1 amide bonds. The third-order valence-corrected chi connectivity index (χ3v) is 2.22. The Morgan fingerprint density at radius 3 is 2.75 bits per heavy atom. The maximum Gasteiger partial charge on any atom is 0.222 e. The molecule has 0 fully saturated rings. The van der Waals surface area contributed by atoms with E-state index in [0.717, 1.165) is 6.42 Å². The first-order valence-corrected chi connectivity index (χ1v) is 5.52. The lowest BCUT2D eigenvalue weighted by Crippen LogP contribution is -2.33. The highest BCUT2D eigenvalue weighted by Gasteiger charge is 2.04. The van der Waals surface area contributed by atoms with Gasteiger partial charge in [-0.2, -0.15) is 0 Å². The van der Waals surface area contributed by atoms with E-state index in [1.807, 2.05) is 13.8 Å². The average molecular weight is 222 g/mol. The highest BCUT2D eigenvalue weighted by Crippen LogP contribution is 1.94. The highest BCUT2D eigenvalue weighted by atomic mass is 16.1. The molecule has 0 saturated carbocycles. The van der Waals surface area contributed by atoms with Gasteiger partial charge in [-0.1, -0.05) is 6.92 Å². The van der Waals surface area contributed by atoms with Crippen LogP contribution in [0, 0.1) is 0 Å². The van der Waals surface area contributed by atoms with Gasteiger partial charge in [0.05, 0.1) is 0 Å². The Hall–Kier alpha value is -1.65. The SMILES string of the molecule is CCC(C)NC(=O)CCNc1ncccn1. The van der Waals surface area contributed by atoms with Gasteiger partial charge in [-0.25, -0.2) is 9.97 Å². The van der Waals surface area contributed by atoms with Crippen LogP contribution in [0.15, 0.2) is 18.5 Å². The molecule has 5 nitrogen and oxygen atoms in total. The van der Waals surface area contributed by atoms with E-state index in [4.69, 9.17) is 0 Å². The normalized spacial score (nSPS) is 11.9. The van der Waals surface area contributed by atoms with E-state index in [-0.39, 0.29) is 11.9 Å². The lowest BCUT2D eigenvalue weighted by atomic mass is 10.2. The number of aromatic nitrogens is 2. The maximum atomic E-state index is 11.4. The monoisotopic (exact) mass is 222 g/mol. The van der Waals surface area contributed by atoms with Crippen molar-refractivity contribution < 1.29 is 4.79 Å².